The van der Waals surface area contributed by atoms with Gasteiger partial charge in [0.25, 0.3) is 0 Å². The van der Waals surface area contributed by atoms with Gasteiger partial charge in [-0.15, -0.1) is 6.58 Å². The Morgan fingerprint density at radius 2 is 1.77 bits per heavy atom. The van der Waals surface area contributed by atoms with E-state index in [9.17, 15) is 4.21 Å². The summed E-state index contributed by atoms with van der Waals surface area (Å²) in [5, 5.41) is -0.0199. The van der Waals surface area contributed by atoms with E-state index in [0.29, 0.717) is 12.5 Å². The lowest BCUT2D eigenvalue weighted by atomic mass is 9.70. The molecule has 4 heteroatoms. The largest absolute Gasteiger partial charge is 0.372 e. The Balaban J connectivity index is 1.58. The van der Waals surface area contributed by atoms with Gasteiger partial charge in [0.15, 0.2) is 0 Å². The standard InChI is InChI=1S/C27H35NO2S/c1-5-12-23(21-15-10-7-11-16-21)28-31(29)24-22-17-18-27(4,26(22,2)3)25(24)30-19-20-13-8-6-9-14-20/h5-11,13-16,22-25,28H,1,12,17-19H2,2-4H3/t22-,23+,24-,25-,27+,31-/m1/s1. The second-order valence-corrected chi connectivity index (χ2v) is 11.2. The van der Waals surface area contributed by atoms with Gasteiger partial charge >= 0.3 is 0 Å². The van der Waals surface area contributed by atoms with E-state index in [1.165, 1.54) is 0 Å². The molecule has 2 saturated carbocycles. The van der Waals surface area contributed by atoms with E-state index in [0.717, 1.165) is 30.4 Å². The zero-order valence-electron chi connectivity index (χ0n) is 18.9. The lowest BCUT2D eigenvalue weighted by Gasteiger charge is -2.40. The lowest BCUT2D eigenvalue weighted by Crippen LogP contribution is -2.46. The van der Waals surface area contributed by atoms with Crippen LogP contribution in [0.25, 0.3) is 0 Å². The van der Waals surface area contributed by atoms with Gasteiger partial charge in [-0.2, -0.15) is 0 Å². The number of benzene rings is 2. The van der Waals surface area contributed by atoms with E-state index in [2.05, 4.69) is 56.3 Å². The summed E-state index contributed by atoms with van der Waals surface area (Å²) in [5.74, 6) is 0.381. The number of rotatable bonds is 9. The molecule has 2 aromatic rings. The maximum atomic E-state index is 13.8. The Morgan fingerprint density at radius 1 is 1.13 bits per heavy atom. The molecular weight excluding hydrogens is 402 g/mol. The van der Waals surface area contributed by atoms with Crippen LogP contribution in [0.1, 0.15) is 57.2 Å². The van der Waals surface area contributed by atoms with Crippen molar-refractivity contribution in [1.29, 1.82) is 0 Å². The molecule has 0 aliphatic heterocycles. The molecule has 0 spiro atoms. The second-order valence-electron chi connectivity index (χ2n) is 9.87. The van der Waals surface area contributed by atoms with Gasteiger partial charge in [-0.25, -0.2) is 8.93 Å². The molecular formula is C27H35NO2S. The fraction of sp³-hybridized carbons (Fsp3) is 0.481. The van der Waals surface area contributed by atoms with Crippen molar-refractivity contribution < 1.29 is 8.95 Å². The third kappa shape index (κ3) is 4.06. The number of nitrogens with one attached hydrogen (secondary N) is 1. The van der Waals surface area contributed by atoms with Crippen molar-refractivity contribution in [2.45, 2.75) is 64.0 Å². The van der Waals surface area contributed by atoms with Gasteiger partial charge in [-0.05, 0) is 41.7 Å². The molecule has 4 rings (SSSR count). The quantitative estimate of drug-likeness (QED) is 0.491. The Hall–Kier alpha value is -1.75. The SMILES string of the molecule is C=CC[C@H](N[S@](=O)[C@@H]1[C@H]2CC[C@@](C)([C@@H]1OCc1ccccc1)C2(C)C)c1ccccc1. The van der Waals surface area contributed by atoms with Gasteiger partial charge < -0.3 is 4.74 Å². The highest BCUT2D eigenvalue weighted by Gasteiger charge is 2.68. The maximum Gasteiger partial charge on any atom is 0.0982 e. The Morgan fingerprint density at radius 3 is 2.42 bits per heavy atom. The zero-order chi connectivity index (χ0) is 22.1. The van der Waals surface area contributed by atoms with Crippen LogP contribution in [0.2, 0.25) is 0 Å². The summed E-state index contributed by atoms with van der Waals surface area (Å²) in [6.45, 7) is 11.5. The second kappa shape index (κ2) is 9.01. The molecule has 2 aliphatic rings. The molecule has 2 aromatic carbocycles. The van der Waals surface area contributed by atoms with E-state index < -0.39 is 11.0 Å². The molecule has 0 aromatic heterocycles. The van der Waals surface area contributed by atoms with E-state index in [-0.39, 0.29) is 28.2 Å². The summed E-state index contributed by atoms with van der Waals surface area (Å²) in [5.41, 5.74) is 2.43. The Kier molecular flexibility index (Phi) is 6.52. The third-order valence-electron chi connectivity index (χ3n) is 8.08. The summed E-state index contributed by atoms with van der Waals surface area (Å²) in [6, 6.07) is 20.6. The van der Waals surface area contributed by atoms with Crippen LogP contribution in [0.4, 0.5) is 0 Å². The summed E-state index contributed by atoms with van der Waals surface area (Å²) >= 11 is 0. The highest BCUT2D eigenvalue weighted by Crippen LogP contribution is 2.67. The van der Waals surface area contributed by atoms with Gasteiger partial charge in [0.05, 0.1) is 28.9 Å². The van der Waals surface area contributed by atoms with Crippen LogP contribution in [0.3, 0.4) is 0 Å². The van der Waals surface area contributed by atoms with Gasteiger partial charge in [0.2, 0.25) is 0 Å². The minimum absolute atomic E-state index is 0.00986. The predicted molar refractivity (Wildman–Crippen MR) is 129 cm³/mol. The lowest BCUT2D eigenvalue weighted by molar-refractivity contribution is -0.0531. The van der Waals surface area contributed by atoms with Crippen LogP contribution >= 0.6 is 0 Å². The number of fused-ring (bicyclic) bond motifs is 2. The summed E-state index contributed by atoms with van der Waals surface area (Å²) in [4.78, 5) is 0. The summed E-state index contributed by atoms with van der Waals surface area (Å²) < 4.78 is 23.9. The zero-order valence-corrected chi connectivity index (χ0v) is 19.7. The van der Waals surface area contributed by atoms with Crippen molar-refractivity contribution in [2.24, 2.45) is 16.7 Å². The third-order valence-corrected chi connectivity index (χ3v) is 9.67. The van der Waals surface area contributed by atoms with Crippen molar-refractivity contribution in [1.82, 2.24) is 4.72 Å². The molecule has 3 nitrogen and oxygen atoms in total. The topological polar surface area (TPSA) is 38.3 Å². The molecule has 6 atom stereocenters. The molecule has 0 saturated heterocycles. The first-order chi connectivity index (χ1) is 14.9. The van der Waals surface area contributed by atoms with Gasteiger partial charge in [-0.1, -0.05) is 87.5 Å². The number of hydrogen-bond donors (Lipinski definition) is 1. The van der Waals surface area contributed by atoms with Crippen molar-refractivity contribution in [3.05, 3.63) is 84.4 Å². The fourth-order valence-electron chi connectivity index (χ4n) is 5.84. The molecule has 0 heterocycles. The predicted octanol–water partition coefficient (Wildman–Crippen LogP) is 5.97. The Bertz CT molecular complexity index is 913. The highest BCUT2D eigenvalue weighted by atomic mass is 32.2. The molecule has 2 bridgehead atoms. The molecule has 0 amide bonds. The van der Waals surface area contributed by atoms with Crippen molar-refractivity contribution in [3.8, 4) is 0 Å². The smallest absolute Gasteiger partial charge is 0.0982 e. The molecule has 2 fully saturated rings. The molecule has 0 radical (unpaired) electrons. The van der Waals surface area contributed by atoms with Gasteiger partial charge in [-0.3, -0.25) is 0 Å². The van der Waals surface area contributed by atoms with E-state index in [1.54, 1.807) is 0 Å². The monoisotopic (exact) mass is 437 g/mol. The Labute approximate surface area is 189 Å². The van der Waals surface area contributed by atoms with Gasteiger partial charge in [0, 0.05) is 11.5 Å². The van der Waals surface area contributed by atoms with Crippen molar-refractivity contribution >= 4 is 11.0 Å². The highest BCUT2D eigenvalue weighted by molar-refractivity contribution is 7.83. The van der Waals surface area contributed by atoms with Crippen LogP contribution in [-0.4, -0.2) is 15.6 Å². The average molecular weight is 438 g/mol. The normalized spacial score (nSPS) is 30.7. The van der Waals surface area contributed by atoms with Crippen molar-refractivity contribution in [3.63, 3.8) is 0 Å². The fourth-order valence-corrected chi connectivity index (χ4v) is 7.89. The van der Waals surface area contributed by atoms with Gasteiger partial charge in [0.1, 0.15) is 0 Å². The van der Waals surface area contributed by atoms with Crippen LogP contribution in [0.15, 0.2) is 73.3 Å². The van der Waals surface area contributed by atoms with E-state index in [4.69, 9.17) is 4.74 Å². The minimum Gasteiger partial charge on any atom is -0.372 e. The van der Waals surface area contributed by atoms with E-state index in [1.807, 2.05) is 42.5 Å². The first-order valence-electron chi connectivity index (χ1n) is 11.4. The number of ether oxygens (including phenoxy) is 1. The molecule has 2 aliphatic carbocycles. The van der Waals surface area contributed by atoms with Crippen LogP contribution in [0, 0.1) is 16.7 Å². The van der Waals surface area contributed by atoms with Crippen LogP contribution < -0.4 is 4.72 Å². The average Bonchev–Trinajstić information content (AvgIpc) is 3.10. The molecule has 0 unspecified atom stereocenters. The first kappa shape index (κ1) is 22.4. The van der Waals surface area contributed by atoms with Crippen LogP contribution in [-0.2, 0) is 22.3 Å². The van der Waals surface area contributed by atoms with Crippen LogP contribution in [0.5, 0.6) is 0 Å². The summed E-state index contributed by atoms with van der Waals surface area (Å²) in [7, 11) is -1.21. The molecule has 166 valence electrons. The van der Waals surface area contributed by atoms with Crippen molar-refractivity contribution in [2.75, 3.05) is 0 Å². The summed E-state index contributed by atoms with van der Waals surface area (Å²) in [6.07, 6.45) is 4.85. The molecule has 1 N–H and O–H groups in total. The van der Waals surface area contributed by atoms with E-state index >= 15 is 0 Å². The maximum absolute atomic E-state index is 13.8. The number of hydrogen-bond acceptors (Lipinski definition) is 2. The first-order valence-corrected chi connectivity index (χ1v) is 12.6. The molecule has 31 heavy (non-hydrogen) atoms. The minimum atomic E-state index is -1.21.